The van der Waals surface area contributed by atoms with Gasteiger partial charge in [-0.1, -0.05) is 6.07 Å². The highest BCUT2D eigenvalue weighted by atomic mass is 32.2. The zero-order valence-corrected chi connectivity index (χ0v) is 13.8. The van der Waals surface area contributed by atoms with Gasteiger partial charge in [-0.15, -0.1) is 11.3 Å². The quantitative estimate of drug-likeness (QED) is 0.549. The van der Waals surface area contributed by atoms with Crippen molar-refractivity contribution in [3.63, 3.8) is 0 Å². The normalized spacial score (nSPS) is 11.0. The number of hydrogen-bond donors (Lipinski definition) is 2. The van der Waals surface area contributed by atoms with Crippen molar-refractivity contribution in [2.24, 2.45) is 5.14 Å². The van der Waals surface area contributed by atoms with Crippen LogP contribution in [0.5, 0.6) is 5.75 Å². The average molecular weight is 371 g/mol. The molecule has 11 heteroatoms. The summed E-state index contributed by atoms with van der Waals surface area (Å²) in [6.07, 6.45) is 0. The van der Waals surface area contributed by atoms with Crippen LogP contribution in [0.1, 0.15) is 4.88 Å². The van der Waals surface area contributed by atoms with E-state index in [-0.39, 0.29) is 5.75 Å². The highest BCUT2D eigenvalue weighted by Gasteiger charge is 2.20. The number of thiophene rings is 1. The van der Waals surface area contributed by atoms with Crippen LogP contribution in [0.4, 0.5) is 5.69 Å². The first-order valence-electron chi connectivity index (χ1n) is 6.50. The Morgan fingerprint density at radius 3 is 2.71 bits per heavy atom. The summed E-state index contributed by atoms with van der Waals surface area (Å²) in [7, 11) is -4.08. The Labute approximate surface area is 141 Å². The number of carbonyl (C=O) groups excluding carboxylic acids is 1. The molecule has 0 aliphatic heterocycles. The van der Waals surface area contributed by atoms with Crippen LogP contribution in [-0.2, 0) is 21.4 Å². The Morgan fingerprint density at radius 1 is 1.38 bits per heavy atom. The minimum Gasteiger partial charge on any atom is -0.477 e. The number of nitrogens with zero attached hydrogens (tertiary/aromatic N) is 1. The molecule has 1 aromatic carbocycles. The maximum atomic E-state index is 11.7. The number of ether oxygens (including phenoxy) is 1. The molecule has 0 bridgehead atoms. The van der Waals surface area contributed by atoms with Crippen LogP contribution in [0.2, 0.25) is 0 Å². The van der Waals surface area contributed by atoms with Crippen molar-refractivity contribution < 1.29 is 22.9 Å². The van der Waals surface area contributed by atoms with Gasteiger partial charge >= 0.3 is 5.69 Å². The SMILES string of the molecule is NS(=O)(=O)c1ccc(OCC(=O)NCc2cccs2)c([N+](=O)[O-])c1. The third-order valence-electron chi connectivity index (χ3n) is 2.85. The average Bonchev–Trinajstić information content (AvgIpc) is 3.03. The summed E-state index contributed by atoms with van der Waals surface area (Å²) in [6.45, 7) is -0.118. The molecule has 1 aromatic heterocycles. The second-order valence-electron chi connectivity index (χ2n) is 4.58. The Kier molecular flexibility index (Phi) is 5.49. The van der Waals surface area contributed by atoms with Gasteiger partial charge in [-0.2, -0.15) is 0 Å². The Balaban J connectivity index is 2.03. The van der Waals surface area contributed by atoms with Gasteiger partial charge < -0.3 is 10.1 Å². The lowest BCUT2D eigenvalue weighted by molar-refractivity contribution is -0.386. The number of nitrogens with two attached hydrogens (primary N) is 1. The lowest BCUT2D eigenvalue weighted by Gasteiger charge is -2.08. The fraction of sp³-hybridized carbons (Fsp3) is 0.154. The van der Waals surface area contributed by atoms with Crippen molar-refractivity contribution in [3.8, 4) is 5.75 Å². The number of sulfonamides is 1. The Hall–Kier alpha value is -2.50. The molecule has 0 radical (unpaired) electrons. The molecular formula is C13H13N3O6S2. The van der Waals surface area contributed by atoms with Gasteiger partial charge in [0.25, 0.3) is 5.91 Å². The Bertz CT molecular complexity index is 849. The van der Waals surface area contributed by atoms with Gasteiger partial charge in [0, 0.05) is 10.9 Å². The first-order chi connectivity index (χ1) is 11.3. The van der Waals surface area contributed by atoms with Crippen LogP contribution >= 0.6 is 11.3 Å². The van der Waals surface area contributed by atoms with E-state index in [4.69, 9.17) is 9.88 Å². The predicted molar refractivity (Wildman–Crippen MR) is 86.1 cm³/mol. The molecule has 128 valence electrons. The third kappa shape index (κ3) is 4.75. The summed E-state index contributed by atoms with van der Waals surface area (Å²) in [5.41, 5.74) is -0.590. The van der Waals surface area contributed by atoms with Gasteiger partial charge in [-0.05, 0) is 23.6 Å². The van der Waals surface area contributed by atoms with E-state index >= 15 is 0 Å². The molecule has 0 atom stereocenters. The highest BCUT2D eigenvalue weighted by Crippen LogP contribution is 2.29. The van der Waals surface area contributed by atoms with Gasteiger partial charge in [-0.3, -0.25) is 14.9 Å². The van der Waals surface area contributed by atoms with Gasteiger partial charge in [0.05, 0.1) is 16.4 Å². The molecule has 0 saturated carbocycles. The largest absolute Gasteiger partial charge is 0.477 e. The van der Waals surface area contributed by atoms with Gasteiger partial charge in [0.15, 0.2) is 12.4 Å². The number of nitrogens with one attached hydrogen (secondary N) is 1. The first kappa shape index (κ1) is 17.8. The van der Waals surface area contributed by atoms with E-state index in [2.05, 4.69) is 5.32 Å². The van der Waals surface area contributed by atoms with Gasteiger partial charge in [-0.25, -0.2) is 13.6 Å². The van der Waals surface area contributed by atoms with E-state index in [1.165, 1.54) is 11.3 Å². The standard InChI is InChI=1S/C13H13N3O6S2/c14-24(20,21)10-3-4-12(11(6-10)16(18)19)22-8-13(17)15-7-9-2-1-5-23-9/h1-6H,7-8H2,(H,15,17)(H2,14,20,21). The third-order valence-corrected chi connectivity index (χ3v) is 4.64. The molecule has 0 saturated heterocycles. The molecule has 9 nitrogen and oxygen atoms in total. The van der Waals surface area contributed by atoms with E-state index in [1.807, 2.05) is 17.5 Å². The molecular weight excluding hydrogens is 358 g/mol. The van der Waals surface area contributed by atoms with Crippen LogP contribution in [0.15, 0.2) is 40.6 Å². The smallest absolute Gasteiger partial charge is 0.312 e. The molecule has 0 fully saturated rings. The monoisotopic (exact) mass is 371 g/mol. The van der Waals surface area contributed by atoms with Crippen LogP contribution in [0, 0.1) is 10.1 Å². The molecule has 0 aliphatic rings. The minimum atomic E-state index is -4.08. The van der Waals surface area contributed by atoms with E-state index in [0.717, 1.165) is 23.1 Å². The van der Waals surface area contributed by atoms with Crippen LogP contribution < -0.4 is 15.2 Å². The molecule has 1 heterocycles. The summed E-state index contributed by atoms with van der Waals surface area (Å²) < 4.78 is 27.6. The molecule has 0 aliphatic carbocycles. The van der Waals surface area contributed by atoms with E-state index in [0.29, 0.717) is 6.54 Å². The maximum Gasteiger partial charge on any atom is 0.312 e. The zero-order chi connectivity index (χ0) is 17.7. The maximum absolute atomic E-state index is 11.7. The summed E-state index contributed by atoms with van der Waals surface area (Å²) >= 11 is 1.48. The summed E-state index contributed by atoms with van der Waals surface area (Å²) in [5, 5.41) is 20.4. The van der Waals surface area contributed by atoms with E-state index in [9.17, 15) is 23.3 Å². The van der Waals surface area contributed by atoms with Crippen molar-refractivity contribution in [2.75, 3.05) is 6.61 Å². The summed E-state index contributed by atoms with van der Waals surface area (Å²) in [6, 6.07) is 6.64. The molecule has 2 aromatic rings. The number of carbonyl (C=O) groups is 1. The lowest BCUT2D eigenvalue weighted by Crippen LogP contribution is -2.28. The number of nitro groups is 1. The Morgan fingerprint density at radius 2 is 2.12 bits per heavy atom. The molecule has 24 heavy (non-hydrogen) atoms. The number of primary sulfonamides is 1. The molecule has 0 unspecified atom stereocenters. The number of rotatable bonds is 7. The highest BCUT2D eigenvalue weighted by molar-refractivity contribution is 7.89. The van der Waals surface area contributed by atoms with Crippen LogP contribution in [-0.4, -0.2) is 25.9 Å². The lowest BCUT2D eigenvalue weighted by atomic mass is 10.3. The van der Waals surface area contributed by atoms with Crippen LogP contribution in [0.25, 0.3) is 0 Å². The van der Waals surface area contributed by atoms with Gasteiger partial charge in [0.2, 0.25) is 10.0 Å². The van der Waals surface area contributed by atoms with Crippen molar-refractivity contribution in [3.05, 3.63) is 50.7 Å². The second kappa shape index (κ2) is 7.38. The first-order valence-corrected chi connectivity index (χ1v) is 8.93. The molecule has 2 rings (SSSR count). The van der Waals surface area contributed by atoms with Crippen molar-refractivity contribution in [2.45, 2.75) is 11.4 Å². The number of hydrogen-bond acceptors (Lipinski definition) is 7. The number of nitro benzene ring substituents is 1. The zero-order valence-electron chi connectivity index (χ0n) is 12.2. The number of amides is 1. The van der Waals surface area contributed by atoms with E-state index < -0.39 is 38.0 Å². The van der Waals surface area contributed by atoms with Crippen LogP contribution in [0.3, 0.4) is 0 Å². The van der Waals surface area contributed by atoms with Gasteiger partial charge in [0.1, 0.15) is 0 Å². The molecule has 3 N–H and O–H groups in total. The minimum absolute atomic E-state index is 0.223. The topological polar surface area (TPSA) is 142 Å². The second-order valence-corrected chi connectivity index (χ2v) is 7.17. The van der Waals surface area contributed by atoms with Crippen molar-refractivity contribution >= 4 is 33.0 Å². The fourth-order valence-corrected chi connectivity index (χ4v) is 2.91. The molecule has 0 spiro atoms. The fourth-order valence-electron chi connectivity index (χ4n) is 1.73. The van der Waals surface area contributed by atoms with E-state index in [1.54, 1.807) is 0 Å². The van der Waals surface area contributed by atoms with Crippen molar-refractivity contribution in [1.82, 2.24) is 5.32 Å². The number of benzene rings is 1. The summed E-state index contributed by atoms with van der Waals surface area (Å²) in [5.74, 6) is -0.688. The predicted octanol–water partition coefficient (Wildman–Crippen LogP) is 0.999. The van der Waals surface area contributed by atoms with Crippen molar-refractivity contribution in [1.29, 1.82) is 0 Å². The summed E-state index contributed by atoms with van der Waals surface area (Å²) in [4.78, 5) is 22.4. The molecule has 1 amide bonds.